The summed E-state index contributed by atoms with van der Waals surface area (Å²) in [6.45, 7) is 6.27. The first-order valence-electron chi connectivity index (χ1n) is 7.12. The van der Waals surface area contributed by atoms with Crippen molar-refractivity contribution in [3.8, 4) is 0 Å². The fourth-order valence-electron chi connectivity index (χ4n) is 2.83. The number of alkyl halides is 3. The normalized spacial score (nSPS) is 21.2. The molecule has 1 aliphatic carbocycles. The number of hydrogen-bond donors (Lipinski definition) is 1. The molecule has 1 N–H and O–H groups in total. The van der Waals surface area contributed by atoms with Crippen LogP contribution in [0.3, 0.4) is 0 Å². The Morgan fingerprint density at radius 1 is 1.43 bits per heavy atom. The van der Waals surface area contributed by atoms with Gasteiger partial charge < -0.3 is 10.2 Å². The van der Waals surface area contributed by atoms with Gasteiger partial charge in [0.1, 0.15) is 6.54 Å². The number of hydrogen-bond acceptors (Lipinski definition) is 4. The second kappa shape index (κ2) is 5.76. The van der Waals surface area contributed by atoms with Gasteiger partial charge in [0.2, 0.25) is 0 Å². The smallest absolute Gasteiger partial charge is 0.342 e. The van der Waals surface area contributed by atoms with Crippen molar-refractivity contribution >= 4 is 16.5 Å². The van der Waals surface area contributed by atoms with Crippen LogP contribution < -0.4 is 10.2 Å². The summed E-state index contributed by atoms with van der Waals surface area (Å²) in [5, 5.41) is 3.88. The second-order valence-corrected chi connectivity index (χ2v) is 7.44. The van der Waals surface area contributed by atoms with Crippen molar-refractivity contribution < 1.29 is 13.2 Å². The van der Waals surface area contributed by atoms with E-state index in [0.29, 0.717) is 5.13 Å². The third-order valence-corrected chi connectivity index (χ3v) is 4.95. The molecule has 7 heteroatoms. The van der Waals surface area contributed by atoms with E-state index in [1.807, 2.05) is 6.92 Å². The minimum Gasteiger partial charge on any atom is -0.342 e. The van der Waals surface area contributed by atoms with E-state index in [2.05, 4.69) is 24.1 Å². The molecular formula is C14H22F3N3S. The Morgan fingerprint density at radius 3 is 2.67 bits per heavy atom. The number of fused-ring (bicyclic) bond motifs is 1. The third kappa shape index (κ3) is 4.10. The van der Waals surface area contributed by atoms with Crippen LogP contribution in [0.1, 0.15) is 43.8 Å². The molecule has 0 fully saturated rings. The molecule has 2 rings (SSSR count). The molecule has 0 amide bonds. The largest absolute Gasteiger partial charge is 0.405 e. The fraction of sp³-hybridized carbons (Fsp3) is 0.786. The van der Waals surface area contributed by atoms with E-state index >= 15 is 0 Å². The zero-order chi connectivity index (χ0) is 15.8. The number of thiazole rings is 1. The minimum atomic E-state index is -4.21. The van der Waals surface area contributed by atoms with Gasteiger partial charge >= 0.3 is 6.18 Å². The molecule has 1 aromatic rings. The molecule has 0 radical (unpaired) electrons. The Labute approximate surface area is 127 Å². The molecule has 0 saturated carbocycles. The lowest BCUT2D eigenvalue weighted by atomic mass is 9.76. The van der Waals surface area contributed by atoms with Crippen molar-refractivity contribution in [2.45, 2.75) is 45.8 Å². The summed E-state index contributed by atoms with van der Waals surface area (Å²) in [5.74, 6) is 0. The van der Waals surface area contributed by atoms with Gasteiger partial charge in [0, 0.05) is 18.0 Å². The molecule has 21 heavy (non-hydrogen) atoms. The summed E-state index contributed by atoms with van der Waals surface area (Å²) < 4.78 is 37.6. The Balaban J connectivity index is 2.26. The first-order valence-corrected chi connectivity index (χ1v) is 7.94. The highest BCUT2D eigenvalue weighted by Gasteiger charge is 2.36. The van der Waals surface area contributed by atoms with E-state index < -0.39 is 12.7 Å². The van der Waals surface area contributed by atoms with Crippen LogP contribution >= 0.6 is 11.3 Å². The summed E-state index contributed by atoms with van der Waals surface area (Å²) >= 11 is 1.39. The Bertz CT molecular complexity index is 496. The molecule has 1 atom stereocenters. The van der Waals surface area contributed by atoms with Crippen molar-refractivity contribution in [1.82, 2.24) is 10.3 Å². The Kier molecular flexibility index (Phi) is 4.54. The first kappa shape index (κ1) is 16.5. The Morgan fingerprint density at radius 2 is 2.10 bits per heavy atom. The monoisotopic (exact) mass is 321 g/mol. The van der Waals surface area contributed by atoms with Crippen molar-refractivity contribution in [2.75, 3.05) is 25.0 Å². The van der Waals surface area contributed by atoms with E-state index in [4.69, 9.17) is 0 Å². The SMILES string of the molecule is CCNC1CC(C)(C)Cc2nc(N(C)CC(F)(F)F)sc21. The molecule has 120 valence electrons. The van der Waals surface area contributed by atoms with Gasteiger partial charge in [-0.15, -0.1) is 0 Å². The molecule has 0 aliphatic heterocycles. The molecule has 3 nitrogen and oxygen atoms in total. The van der Waals surface area contributed by atoms with Crippen molar-refractivity contribution in [3.05, 3.63) is 10.6 Å². The molecule has 0 spiro atoms. The van der Waals surface area contributed by atoms with E-state index in [1.54, 1.807) is 0 Å². The van der Waals surface area contributed by atoms with Crippen LogP contribution in [0.5, 0.6) is 0 Å². The summed E-state index contributed by atoms with van der Waals surface area (Å²) in [5.41, 5.74) is 1.07. The van der Waals surface area contributed by atoms with Crippen LogP contribution in [0.4, 0.5) is 18.3 Å². The number of nitrogens with one attached hydrogen (secondary N) is 1. The standard InChI is InChI=1S/C14H22F3N3S/c1-5-18-9-6-13(2,3)7-10-11(9)21-12(19-10)20(4)8-14(15,16)17/h9,18H,5-8H2,1-4H3. The van der Waals surface area contributed by atoms with Crippen LogP contribution in [-0.4, -0.2) is 31.3 Å². The van der Waals surface area contributed by atoms with E-state index in [1.165, 1.54) is 23.3 Å². The predicted molar refractivity (Wildman–Crippen MR) is 80.0 cm³/mol. The molecule has 1 aliphatic rings. The molecule has 0 bridgehead atoms. The number of anilines is 1. The van der Waals surface area contributed by atoms with Gasteiger partial charge in [-0.3, -0.25) is 0 Å². The van der Waals surface area contributed by atoms with Gasteiger partial charge in [0.25, 0.3) is 0 Å². The second-order valence-electron chi connectivity index (χ2n) is 6.43. The minimum absolute atomic E-state index is 0.119. The summed E-state index contributed by atoms with van der Waals surface area (Å²) in [4.78, 5) is 6.76. The van der Waals surface area contributed by atoms with Crippen molar-refractivity contribution in [1.29, 1.82) is 0 Å². The van der Waals surface area contributed by atoms with Crippen LogP contribution in [0.2, 0.25) is 0 Å². The predicted octanol–water partition coefficient (Wildman–Crippen LogP) is 3.76. The quantitative estimate of drug-likeness (QED) is 0.915. The van der Waals surface area contributed by atoms with Crippen LogP contribution in [-0.2, 0) is 6.42 Å². The van der Waals surface area contributed by atoms with E-state index in [9.17, 15) is 13.2 Å². The molecular weight excluding hydrogens is 299 g/mol. The topological polar surface area (TPSA) is 28.2 Å². The summed E-state index contributed by atoms with van der Waals surface area (Å²) in [7, 11) is 1.45. The molecule has 1 heterocycles. The maximum absolute atomic E-state index is 12.5. The van der Waals surface area contributed by atoms with Crippen LogP contribution in [0.15, 0.2) is 0 Å². The van der Waals surface area contributed by atoms with Gasteiger partial charge in [0.05, 0.1) is 5.69 Å². The highest BCUT2D eigenvalue weighted by atomic mass is 32.1. The zero-order valence-electron chi connectivity index (χ0n) is 12.8. The van der Waals surface area contributed by atoms with E-state index in [-0.39, 0.29) is 11.5 Å². The van der Waals surface area contributed by atoms with Crippen molar-refractivity contribution in [3.63, 3.8) is 0 Å². The lowest BCUT2D eigenvalue weighted by Crippen LogP contribution is -2.32. The number of nitrogens with zero attached hydrogens (tertiary/aromatic N) is 2. The zero-order valence-corrected chi connectivity index (χ0v) is 13.7. The average molecular weight is 321 g/mol. The molecule has 1 unspecified atom stereocenters. The average Bonchev–Trinajstić information content (AvgIpc) is 2.69. The van der Waals surface area contributed by atoms with Crippen LogP contribution in [0.25, 0.3) is 0 Å². The molecule has 0 saturated heterocycles. The third-order valence-electron chi connectivity index (χ3n) is 3.63. The van der Waals surface area contributed by atoms with Gasteiger partial charge in [-0.05, 0) is 24.8 Å². The fourth-order valence-corrected chi connectivity index (χ4v) is 3.95. The van der Waals surface area contributed by atoms with Gasteiger partial charge in [-0.25, -0.2) is 4.98 Å². The number of aromatic nitrogens is 1. The maximum Gasteiger partial charge on any atom is 0.405 e. The molecule has 1 aromatic heterocycles. The summed E-state index contributed by atoms with van der Waals surface area (Å²) in [6.07, 6.45) is -2.40. The maximum atomic E-state index is 12.5. The van der Waals surface area contributed by atoms with Gasteiger partial charge in [-0.2, -0.15) is 13.2 Å². The van der Waals surface area contributed by atoms with Gasteiger partial charge in [-0.1, -0.05) is 32.1 Å². The van der Waals surface area contributed by atoms with Crippen LogP contribution in [0, 0.1) is 5.41 Å². The number of halogens is 3. The van der Waals surface area contributed by atoms with Gasteiger partial charge in [0.15, 0.2) is 5.13 Å². The summed E-state index contributed by atoms with van der Waals surface area (Å²) in [6, 6.07) is 0.194. The highest BCUT2D eigenvalue weighted by Crippen LogP contribution is 2.44. The molecule has 0 aromatic carbocycles. The van der Waals surface area contributed by atoms with Crippen molar-refractivity contribution in [2.24, 2.45) is 5.41 Å². The van der Waals surface area contributed by atoms with E-state index in [0.717, 1.165) is 30.0 Å². The first-order chi connectivity index (χ1) is 9.61. The number of rotatable bonds is 4. The lowest BCUT2D eigenvalue weighted by Gasteiger charge is -2.34. The Hall–Kier alpha value is -0.820. The highest BCUT2D eigenvalue weighted by molar-refractivity contribution is 7.15. The lowest BCUT2D eigenvalue weighted by molar-refractivity contribution is -0.119.